The molecular formula is C10H15F2NO3. The molecule has 0 spiro atoms. The van der Waals surface area contributed by atoms with Gasteiger partial charge in [-0.1, -0.05) is 20.8 Å². The maximum atomic E-state index is 13.1. The molecular weight excluding hydrogens is 220 g/mol. The van der Waals surface area contributed by atoms with Gasteiger partial charge in [-0.2, -0.15) is 0 Å². The molecule has 0 aromatic rings. The Morgan fingerprint density at radius 2 is 1.88 bits per heavy atom. The van der Waals surface area contributed by atoms with E-state index in [4.69, 9.17) is 5.11 Å². The minimum absolute atomic E-state index is 0.558. The summed E-state index contributed by atoms with van der Waals surface area (Å²) in [6.07, 6.45) is -0.801. The number of alkyl halides is 2. The fourth-order valence-corrected chi connectivity index (χ4v) is 1.68. The lowest BCUT2D eigenvalue weighted by atomic mass is 9.94. The number of carbonyl (C=O) groups excluding carboxylic acids is 1. The van der Waals surface area contributed by atoms with Crippen LogP contribution < -0.4 is 0 Å². The summed E-state index contributed by atoms with van der Waals surface area (Å²) in [5.74, 6) is -5.05. The number of halogens is 2. The van der Waals surface area contributed by atoms with Gasteiger partial charge in [-0.15, -0.1) is 0 Å². The van der Waals surface area contributed by atoms with Crippen molar-refractivity contribution in [2.75, 3.05) is 6.54 Å². The Morgan fingerprint density at radius 1 is 1.38 bits per heavy atom. The zero-order chi connectivity index (χ0) is 12.7. The Kier molecular flexibility index (Phi) is 2.96. The first-order valence-corrected chi connectivity index (χ1v) is 4.96. The molecule has 1 rings (SSSR count). The molecule has 1 saturated heterocycles. The number of aliphatic carboxylic acids is 1. The maximum absolute atomic E-state index is 13.1. The van der Waals surface area contributed by atoms with Gasteiger partial charge in [0.1, 0.15) is 6.04 Å². The van der Waals surface area contributed by atoms with Crippen LogP contribution in [0.25, 0.3) is 0 Å². The molecule has 92 valence electrons. The summed E-state index contributed by atoms with van der Waals surface area (Å²) in [6.45, 7) is 3.92. The van der Waals surface area contributed by atoms with Crippen molar-refractivity contribution in [1.29, 1.82) is 0 Å². The van der Waals surface area contributed by atoms with Gasteiger partial charge in [0.25, 0.3) is 5.92 Å². The van der Waals surface area contributed by atoms with Crippen molar-refractivity contribution in [2.24, 2.45) is 5.41 Å². The fraction of sp³-hybridized carbons (Fsp3) is 0.800. The molecule has 16 heavy (non-hydrogen) atoms. The van der Waals surface area contributed by atoms with E-state index in [-0.39, 0.29) is 0 Å². The van der Waals surface area contributed by atoms with Crippen molar-refractivity contribution in [3.63, 3.8) is 0 Å². The van der Waals surface area contributed by atoms with Gasteiger partial charge in [0.05, 0.1) is 6.54 Å². The van der Waals surface area contributed by atoms with Crippen LogP contribution in [0.2, 0.25) is 0 Å². The highest BCUT2D eigenvalue weighted by Crippen LogP contribution is 2.34. The molecule has 1 heterocycles. The monoisotopic (exact) mass is 235 g/mol. The second kappa shape index (κ2) is 3.68. The topological polar surface area (TPSA) is 57.6 Å². The minimum atomic E-state index is -3.11. The third-order valence-corrected chi connectivity index (χ3v) is 2.46. The van der Waals surface area contributed by atoms with E-state index in [0.29, 0.717) is 0 Å². The summed E-state index contributed by atoms with van der Waals surface area (Å²) in [5, 5.41) is 8.80. The summed E-state index contributed by atoms with van der Waals surface area (Å²) < 4.78 is 26.2. The first-order chi connectivity index (χ1) is 7.04. The lowest BCUT2D eigenvalue weighted by Crippen LogP contribution is -2.46. The van der Waals surface area contributed by atoms with E-state index in [0.717, 1.165) is 4.90 Å². The zero-order valence-electron chi connectivity index (χ0n) is 9.46. The SMILES string of the molecule is CC(C)(C)C(=O)N1CC(F)(F)C[C@H]1C(=O)O. The molecule has 1 fully saturated rings. The number of rotatable bonds is 1. The Labute approximate surface area is 92.2 Å². The van der Waals surface area contributed by atoms with Gasteiger partial charge in [0, 0.05) is 11.8 Å². The fourth-order valence-electron chi connectivity index (χ4n) is 1.68. The summed E-state index contributed by atoms with van der Waals surface area (Å²) in [5.41, 5.74) is -0.853. The Hall–Kier alpha value is -1.20. The summed E-state index contributed by atoms with van der Waals surface area (Å²) >= 11 is 0. The molecule has 0 aromatic carbocycles. The van der Waals surface area contributed by atoms with Gasteiger partial charge >= 0.3 is 5.97 Å². The standard InChI is InChI=1S/C10H15F2NO3/c1-9(2,3)8(16)13-5-10(11,12)4-6(13)7(14)15/h6H,4-5H2,1-3H3,(H,14,15)/t6-/m0/s1. The molecule has 0 bridgehead atoms. The molecule has 1 aliphatic heterocycles. The number of nitrogens with zero attached hydrogens (tertiary/aromatic N) is 1. The highest BCUT2D eigenvalue weighted by molar-refractivity contribution is 5.87. The quantitative estimate of drug-likeness (QED) is 0.746. The average Bonchev–Trinajstić information content (AvgIpc) is 2.38. The number of amides is 1. The smallest absolute Gasteiger partial charge is 0.326 e. The molecule has 0 aromatic heterocycles. The molecule has 1 N–H and O–H groups in total. The van der Waals surface area contributed by atoms with Gasteiger partial charge in [-0.3, -0.25) is 4.79 Å². The van der Waals surface area contributed by atoms with Crippen molar-refractivity contribution in [3.8, 4) is 0 Å². The van der Waals surface area contributed by atoms with Crippen LogP contribution in [0.1, 0.15) is 27.2 Å². The number of hydrogen-bond donors (Lipinski definition) is 1. The first-order valence-electron chi connectivity index (χ1n) is 4.96. The lowest BCUT2D eigenvalue weighted by Gasteiger charge is -2.28. The molecule has 4 nitrogen and oxygen atoms in total. The summed E-state index contributed by atoms with van der Waals surface area (Å²) in [6, 6.07) is -1.42. The van der Waals surface area contributed by atoms with Crippen molar-refractivity contribution >= 4 is 11.9 Å². The van der Waals surface area contributed by atoms with Gasteiger partial charge < -0.3 is 10.0 Å². The Morgan fingerprint density at radius 3 is 2.25 bits per heavy atom. The van der Waals surface area contributed by atoms with E-state index in [1.807, 2.05) is 0 Å². The Bertz CT molecular complexity index is 323. The molecule has 1 amide bonds. The Balaban J connectivity index is 2.95. The van der Waals surface area contributed by atoms with E-state index in [1.165, 1.54) is 0 Å². The summed E-state index contributed by atoms with van der Waals surface area (Å²) in [4.78, 5) is 23.4. The maximum Gasteiger partial charge on any atom is 0.326 e. The average molecular weight is 235 g/mol. The second-order valence-electron chi connectivity index (χ2n) is 5.10. The predicted molar refractivity (Wildman–Crippen MR) is 52.2 cm³/mol. The summed E-state index contributed by atoms with van der Waals surface area (Å²) in [7, 11) is 0. The highest BCUT2D eigenvalue weighted by atomic mass is 19.3. The van der Waals surface area contributed by atoms with Crippen LogP contribution in [0.3, 0.4) is 0 Å². The lowest BCUT2D eigenvalue weighted by molar-refractivity contribution is -0.151. The first kappa shape index (κ1) is 12.9. The zero-order valence-corrected chi connectivity index (χ0v) is 9.46. The van der Waals surface area contributed by atoms with E-state index in [2.05, 4.69) is 0 Å². The van der Waals surface area contributed by atoms with Gasteiger partial charge in [-0.05, 0) is 0 Å². The number of carboxylic acid groups (broad SMARTS) is 1. The van der Waals surface area contributed by atoms with Crippen molar-refractivity contribution in [1.82, 2.24) is 4.90 Å². The molecule has 0 aliphatic carbocycles. The molecule has 1 atom stereocenters. The van der Waals surface area contributed by atoms with Crippen LogP contribution in [0, 0.1) is 5.41 Å². The van der Waals surface area contributed by atoms with E-state index in [9.17, 15) is 18.4 Å². The number of hydrogen-bond acceptors (Lipinski definition) is 2. The normalized spacial score (nSPS) is 24.6. The molecule has 0 unspecified atom stereocenters. The van der Waals surface area contributed by atoms with Crippen LogP contribution >= 0.6 is 0 Å². The van der Waals surface area contributed by atoms with E-state index >= 15 is 0 Å². The molecule has 0 radical (unpaired) electrons. The van der Waals surface area contributed by atoms with E-state index in [1.54, 1.807) is 20.8 Å². The van der Waals surface area contributed by atoms with Gasteiger partial charge in [-0.25, -0.2) is 13.6 Å². The van der Waals surface area contributed by atoms with Crippen molar-refractivity contribution in [3.05, 3.63) is 0 Å². The van der Waals surface area contributed by atoms with Crippen LogP contribution in [0.5, 0.6) is 0 Å². The van der Waals surface area contributed by atoms with Crippen LogP contribution in [-0.2, 0) is 9.59 Å². The molecule has 6 heteroatoms. The van der Waals surface area contributed by atoms with Crippen LogP contribution in [0.15, 0.2) is 0 Å². The second-order valence-corrected chi connectivity index (χ2v) is 5.10. The third-order valence-electron chi connectivity index (χ3n) is 2.46. The molecule has 0 saturated carbocycles. The predicted octanol–water partition coefficient (Wildman–Crippen LogP) is 1.35. The molecule has 1 aliphatic rings. The number of likely N-dealkylation sites (tertiary alicyclic amines) is 1. The van der Waals surface area contributed by atoms with Gasteiger partial charge in [0.15, 0.2) is 0 Å². The minimum Gasteiger partial charge on any atom is -0.480 e. The number of carbonyl (C=O) groups is 2. The van der Waals surface area contributed by atoms with Crippen LogP contribution in [0.4, 0.5) is 8.78 Å². The van der Waals surface area contributed by atoms with E-state index < -0.39 is 42.2 Å². The van der Waals surface area contributed by atoms with Crippen molar-refractivity contribution in [2.45, 2.75) is 39.2 Å². The third kappa shape index (κ3) is 2.48. The number of carboxylic acids is 1. The van der Waals surface area contributed by atoms with Crippen LogP contribution in [-0.4, -0.2) is 40.4 Å². The van der Waals surface area contributed by atoms with Crippen molar-refractivity contribution < 1.29 is 23.5 Å². The largest absolute Gasteiger partial charge is 0.480 e. The highest BCUT2D eigenvalue weighted by Gasteiger charge is 2.51. The van der Waals surface area contributed by atoms with Gasteiger partial charge in [0.2, 0.25) is 5.91 Å².